The fourth-order valence-corrected chi connectivity index (χ4v) is 1.42. The lowest BCUT2D eigenvalue weighted by Gasteiger charge is -2.15. The number of hydrogen-bond acceptors (Lipinski definition) is 4. The third-order valence-electron chi connectivity index (χ3n) is 2.05. The van der Waals surface area contributed by atoms with Crippen LogP contribution in [0.3, 0.4) is 0 Å². The minimum Gasteiger partial charge on any atom is -0.360 e. The summed E-state index contributed by atoms with van der Waals surface area (Å²) in [6, 6.07) is 0. The molecule has 0 amide bonds. The van der Waals surface area contributed by atoms with Gasteiger partial charge >= 0.3 is 0 Å². The van der Waals surface area contributed by atoms with Gasteiger partial charge in [0, 0.05) is 7.05 Å². The molecule has 0 radical (unpaired) electrons. The maximum absolute atomic E-state index is 5.86. The summed E-state index contributed by atoms with van der Waals surface area (Å²) < 4.78 is 0. The zero-order valence-electron chi connectivity index (χ0n) is 8.87. The van der Waals surface area contributed by atoms with Crippen molar-refractivity contribution < 1.29 is 0 Å². The summed E-state index contributed by atoms with van der Waals surface area (Å²) in [5.74, 6) is 0.863. The van der Waals surface area contributed by atoms with Crippen molar-refractivity contribution in [3.05, 3.63) is 11.5 Å². The number of hydrogen-bond donors (Lipinski definition) is 1. The lowest BCUT2D eigenvalue weighted by molar-refractivity contribution is 0.797. The van der Waals surface area contributed by atoms with Crippen LogP contribution in [0.2, 0.25) is 5.15 Å². The number of nitrogens with one attached hydrogen (secondary N) is 1. The molecule has 1 atom stereocenters. The summed E-state index contributed by atoms with van der Waals surface area (Å²) in [6.07, 6.45) is 1.70. The highest BCUT2D eigenvalue weighted by atomic mass is 35.5. The number of halogens is 1. The Labute approximate surface area is 89.3 Å². The van der Waals surface area contributed by atoms with E-state index in [0.29, 0.717) is 5.15 Å². The molecule has 1 aromatic heterocycles. The van der Waals surface area contributed by atoms with Crippen LogP contribution in [0.1, 0.15) is 20.8 Å². The average Bonchev–Trinajstić information content (AvgIpc) is 2.50. The first-order chi connectivity index (χ1) is 6.70. The van der Waals surface area contributed by atoms with Crippen molar-refractivity contribution >= 4 is 23.1 Å². The van der Waals surface area contributed by atoms with E-state index in [4.69, 9.17) is 11.6 Å². The standard InChI is InChI=1S/C7H9ClN4.C2H6/c1-4-11-5-6(8)9-3-10-7(5)12(4)2;1-2/h3-4,11H,1-2H3;1-2H3. The Kier molecular flexibility index (Phi) is 3.52. The predicted molar refractivity (Wildman–Crippen MR) is 59.9 cm³/mol. The van der Waals surface area contributed by atoms with E-state index in [1.807, 2.05) is 32.7 Å². The number of anilines is 2. The van der Waals surface area contributed by atoms with Crippen molar-refractivity contribution in [1.29, 1.82) is 0 Å². The molecule has 0 fully saturated rings. The molecule has 1 aromatic rings. The van der Waals surface area contributed by atoms with Gasteiger partial charge in [0.15, 0.2) is 11.0 Å². The normalized spacial score (nSPS) is 18.1. The summed E-state index contributed by atoms with van der Waals surface area (Å²) >= 11 is 5.86. The Hall–Kier alpha value is -1.03. The number of rotatable bonds is 0. The first kappa shape index (κ1) is 11.0. The van der Waals surface area contributed by atoms with Crippen LogP contribution in [0.4, 0.5) is 11.5 Å². The van der Waals surface area contributed by atoms with Crippen LogP contribution < -0.4 is 10.2 Å². The predicted octanol–water partition coefficient (Wildman–Crippen LogP) is 2.36. The second kappa shape index (κ2) is 4.46. The van der Waals surface area contributed by atoms with Gasteiger partial charge in [0.25, 0.3) is 0 Å². The quantitative estimate of drug-likeness (QED) is 0.674. The van der Waals surface area contributed by atoms with Gasteiger partial charge in [0.2, 0.25) is 0 Å². The molecule has 0 saturated heterocycles. The minimum atomic E-state index is 0.231. The molecule has 14 heavy (non-hydrogen) atoms. The van der Waals surface area contributed by atoms with Gasteiger partial charge in [-0.15, -0.1) is 0 Å². The molecule has 1 aliphatic heterocycles. The third kappa shape index (κ3) is 1.75. The molecule has 5 heteroatoms. The topological polar surface area (TPSA) is 41.1 Å². The Morgan fingerprint density at radius 2 is 2.07 bits per heavy atom. The molecule has 78 valence electrons. The second-order valence-electron chi connectivity index (χ2n) is 2.79. The van der Waals surface area contributed by atoms with Crippen molar-refractivity contribution in [2.75, 3.05) is 17.3 Å². The van der Waals surface area contributed by atoms with E-state index in [1.54, 1.807) is 0 Å². The average molecular weight is 215 g/mol. The molecule has 2 heterocycles. The molecule has 4 nitrogen and oxygen atoms in total. The first-order valence-electron chi connectivity index (χ1n) is 4.70. The van der Waals surface area contributed by atoms with Gasteiger partial charge in [-0.05, 0) is 6.92 Å². The van der Waals surface area contributed by atoms with Gasteiger partial charge in [0.05, 0.1) is 6.17 Å². The Balaban J connectivity index is 0.000000461. The van der Waals surface area contributed by atoms with E-state index in [-0.39, 0.29) is 6.17 Å². The maximum Gasteiger partial charge on any atom is 0.158 e. The molecule has 2 rings (SSSR count). The highest BCUT2D eigenvalue weighted by Gasteiger charge is 2.25. The molecule has 0 saturated carbocycles. The van der Waals surface area contributed by atoms with E-state index in [9.17, 15) is 0 Å². The van der Waals surface area contributed by atoms with Gasteiger partial charge < -0.3 is 10.2 Å². The number of fused-ring (bicyclic) bond motifs is 1. The van der Waals surface area contributed by atoms with Crippen LogP contribution in [0.25, 0.3) is 0 Å². The van der Waals surface area contributed by atoms with Gasteiger partial charge in [-0.25, -0.2) is 9.97 Å². The molecular formula is C9H15ClN4. The van der Waals surface area contributed by atoms with Crippen LogP contribution in [0.5, 0.6) is 0 Å². The number of aromatic nitrogens is 2. The first-order valence-corrected chi connectivity index (χ1v) is 5.08. The van der Waals surface area contributed by atoms with Crippen molar-refractivity contribution in [3.8, 4) is 0 Å². The number of nitrogens with zero attached hydrogens (tertiary/aromatic N) is 3. The molecule has 1 unspecified atom stereocenters. The zero-order valence-corrected chi connectivity index (χ0v) is 9.63. The van der Waals surface area contributed by atoms with Crippen molar-refractivity contribution in [1.82, 2.24) is 9.97 Å². The van der Waals surface area contributed by atoms with E-state index >= 15 is 0 Å². The third-order valence-corrected chi connectivity index (χ3v) is 2.34. The van der Waals surface area contributed by atoms with Gasteiger partial charge in [-0.2, -0.15) is 0 Å². The molecule has 1 N–H and O–H groups in total. The van der Waals surface area contributed by atoms with Gasteiger partial charge in [0.1, 0.15) is 12.0 Å². The van der Waals surface area contributed by atoms with Crippen molar-refractivity contribution in [3.63, 3.8) is 0 Å². The molecule has 0 bridgehead atoms. The second-order valence-corrected chi connectivity index (χ2v) is 3.15. The molecular weight excluding hydrogens is 200 g/mol. The fourth-order valence-electron chi connectivity index (χ4n) is 1.24. The summed E-state index contributed by atoms with van der Waals surface area (Å²) in [5.41, 5.74) is 0.828. The Morgan fingerprint density at radius 3 is 2.64 bits per heavy atom. The molecule has 0 aromatic carbocycles. The van der Waals surface area contributed by atoms with E-state index in [2.05, 4.69) is 15.3 Å². The summed E-state index contributed by atoms with van der Waals surface area (Å²) in [5, 5.41) is 3.67. The van der Waals surface area contributed by atoms with E-state index in [0.717, 1.165) is 11.5 Å². The highest BCUT2D eigenvalue weighted by Crippen LogP contribution is 2.34. The van der Waals surface area contributed by atoms with E-state index < -0.39 is 0 Å². The Bertz CT molecular complexity index is 316. The summed E-state index contributed by atoms with van der Waals surface area (Å²) in [7, 11) is 1.97. The highest BCUT2D eigenvalue weighted by molar-refractivity contribution is 6.32. The van der Waals surface area contributed by atoms with Gasteiger partial charge in [-0.1, -0.05) is 25.4 Å². The maximum atomic E-state index is 5.86. The SMILES string of the molecule is CC.CC1Nc2c(Cl)ncnc2N1C. The van der Waals surface area contributed by atoms with Crippen LogP contribution in [-0.4, -0.2) is 23.2 Å². The minimum absolute atomic E-state index is 0.231. The monoisotopic (exact) mass is 214 g/mol. The lowest BCUT2D eigenvalue weighted by Crippen LogP contribution is -2.28. The van der Waals surface area contributed by atoms with Crippen molar-refractivity contribution in [2.45, 2.75) is 26.9 Å². The molecule has 0 aliphatic carbocycles. The fraction of sp³-hybridized carbons (Fsp3) is 0.556. The van der Waals surface area contributed by atoms with Crippen LogP contribution in [0, 0.1) is 0 Å². The van der Waals surface area contributed by atoms with Gasteiger partial charge in [-0.3, -0.25) is 0 Å². The molecule has 0 spiro atoms. The smallest absolute Gasteiger partial charge is 0.158 e. The summed E-state index contributed by atoms with van der Waals surface area (Å²) in [6.45, 7) is 6.04. The largest absolute Gasteiger partial charge is 0.360 e. The van der Waals surface area contributed by atoms with Crippen LogP contribution >= 0.6 is 11.6 Å². The van der Waals surface area contributed by atoms with E-state index in [1.165, 1.54) is 6.33 Å². The van der Waals surface area contributed by atoms with Crippen LogP contribution in [-0.2, 0) is 0 Å². The summed E-state index contributed by atoms with van der Waals surface area (Å²) in [4.78, 5) is 10.0. The van der Waals surface area contributed by atoms with Crippen LogP contribution in [0.15, 0.2) is 6.33 Å². The Morgan fingerprint density at radius 1 is 1.43 bits per heavy atom. The molecule has 1 aliphatic rings. The zero-order chi connectivity index (χ0) is 10.7. The lowest BCUT2D eigenvalue weighted by atomic mass is 10.5. The van der Waals surface area contributed by atoms with Crippen molar-refractivity contribution in [2.24, 2.45) is 0 Å².